The van der Waals surface area contributed by atoms with Crippen LogP contribution in [0.3, 0.4) is 0 Å². The molecule has 0 saturated carbocycles. The molecule has 1 saturated heterocycles. The highest BCUT2D eigenvalue weighted by Crippen LogP contribution is 2.25. The van der Waals surface area contributed by atoms with Gasteiger partial charge in [-0.2, -0.15) is 0 Å². The van der Waals surface area contributed by atoms with Crippen molar-refractivity contribution in [3.8, 4) is 5.75 Å². The minimum Gasteiger partial charge on any atom is -0.484 e. The number of ketones is 1. The van der Waals surface area contributed by atoms with E-state index in [2.05, 4.69) is 21.7 Å². The molecule has 0 radical (unpaired) electrons. The van der Waals surface area contributed by atoms with Crippen LogP contribution in [0.15, 0.2) is 41.8 Å². The summed E-state index contributed by atoms with van der Waals surface area (Å²) in [6.07, 6.45) is 0.469. The van der Waals surface area contributed by atoms with Crippen LogP contribution in [0.25, 0.3) is 0 Å². The average molecular weight is 403 g/mol. The Morgan fingerprint density at radius 2 is 1.96 bits per heavy atom. The number of rotatable bonds is 9. The van der Waals surface area contributed by atoms with E-state index in [1.807, 2.05) is 13.0 Å². The molecule has 6 nitrogen and oxygen atoms in total. The van der Waals surface area contributed by atoms with Crippen molar-refractivity contribution in [2.45, 2.75) is 19.4 Å². The Labute approximate surface area is 169 Å². The Bertz CT molecular complexity index is 755. The second kappa shape index (κ2) is 10.4. The van der Waals surface area contributed by atoms with Crippen LogP contribution in [0.2, 0.25) is 0 Å². The molecular formula is C21H26N2O4S. The zero-order valence-electron chi connectivity index (χ0n) is 16.1. The summed E-state index contributed by atoms with van der Waals surface area (Å²) < 4.78 is 11.0. The fourth-order valence-corrected chi connectivity index (χ4v) is 3.99. The summed E-state index contributed by atoms with van der Waals surface area (Å²) in [5, 5.41) is 5.04. The molecule has 1 aromatic carbocycles. The number of benzene rings is 1. The van der Waals surface area contributed by atoms with Gasteiger partial charge >= 0.3 is 0 Å². The molecule has 0 bridgehead atoms. The zero-order chi connectivity index (χ0) is 19.8. The minimum atomic E-state index is -0.163. The summed E-state index contributed by atoms with van der Waals surface area (Å²) in [5.74, 6) is 0.501. The smallest absolute Gasteiger partial charge is 0.258 e. The van der Waals surface area contributed by atoms with Crippen LogP contribution >= 0.6 is 11.3 Å². The minimum absolute atomic E-state index is 0.0542. The van der Waals surface area contributed by atoms with Crippen molar-refractivity contribution in [1.29, 1.82) is 0 Å². The molecule has 0 aliphatic carbocycles. The molecule has 1 aliphatic heterocycles. The van der Waals surface area contributed by atoms with Crippen LogP contribution in [0, 0.1) is 0 Å². The molecule has 1 aliphatic rings. The fourth-order valence-electron chi connectivity index (χ4n) is 3.13. The summed E-state index contributed by atoms with van der Waals surface area (Å²) in [6.45, 7) is 5.46. The van der Waals surface area contributed by atoms with Crippen LogP contribution in [0.4, 0.5) is 0 Å². The van der Waals surface area contributed by atoms with Gasteiger partial charge in [0.1, 0.15) is 5.75 Å². The lowest BCUT2D eigenvalue weighted by Crippen LogP contribution is -2.44. The Hall–Kier alpha value is -2.22. The van der Waals surface area contributed by atoms with Crippen LogP contribution < -0.4 is 10.1 Å². The Morgan fingerprint density at radius 3 is 2.61 bits per heavy atom. The third-order valence-corrected chi connectivity index (χ3v) is 5.69. The van der Waals surface area contributed by atoms with Gasteiger partial charge in [0.2, 0.25) is 0 Å². The van der Waals surface area contributed by atoms with E-state index in [1.165, 1.54) is 4.88 Å². The van der Waals surface area contributed by atoms with Crippen LogP contribution in [0.5, 0.6) is 5.75 Å². The molecule has 2 aromatic rings. The van der Waals surface area contributed by atoms with E-state index in [0.29, 0.717) is 24.3 Å². The van der Waals surface area contributed by atoms with Gasteiger partial charge < -0.3 is 14.8 Å². The largest absolute Gasteiger partial charge is 0.484 e. The monoisotopic (exact) mass is 402 g/mol. The number of nitrogens with one attached hydrogen (secondary N) is 1. The van der Waals surface area contributed by atoms with E-state index in [9.17, 15) is 9.59 Å². The highest BCUT2D eigenvalue weighted by atomic mass is 32.1. The van der Waals surface area contributed by atoms with Crippen molar-refractivity contribution in [3.05, 3.63) is 52.2 Å². The lowest BCUT2D eigenvalue weighted by atomic mass is 10.1. The molecule has 1 atom stereocenters. The number of thiophene rings is 1. The maximum atomic E-state index is 12.3. The van der Waals surface area contributed by atoms with E-state index >= 15 is 0 Å². The fraction of sp³-hybridized carbons (Fsp3) is 0.429. The topological polar surface area (TPSA) is 67.9 Å². The number of carbonyl (C=O) groups excluding carboxylic acids is 2. The van der Waals surface area contributed by atoms with Gasteiger partial charge in [-0.25, -0.2) is 0 Å². The number of hydrogen-bond donors (Lipinski definition) is 1. The Kier molecular flexibility index (Phi) is 7.59. The highest BCUT2D eigenvalue weighted by molar-refractivity contribution is 7.10. The maximum absolute atomic E-state index is 12.3. The highest BCUT2D eigenvalue weighted by Gasteiger charge is 2.24. The first-order chi connectivity index (χ1) is 13.7. The van der Waals surface area contributed by atoms with Crippen LogP contribution in [0.1, 0.15) is 34.6 Å². The number of ether oxygens (including phenoxy) is 2. The van der Waals surface area contributed by atoms with Gasteiger partial charge in [-0.1, -0.05) is 13.0 Å². The van der Waals surface area contributed by atoms with Gasteiger partial charge in [-0.15, -0.1) is 11.3 Å². The maximum Gasteiger partial charge on any atom is 0.258 e. The molecule has 1 fully saturated rings. The molecule has 28 heavy (non-hydrogen) atoms. The number of Topliss-reactive ketones (excluding diaryl/α,β-unsaturated/α-hetero) is 1. The van der Waals surface area contributed by atoms with Crippen molar-refractivity contribution >= 4 is 23.0 Å². The number of morpholine rings is 1. The molecule has 1 amide bonds. The second-order valence-corrected chi connectivity index (χ2v) is 7.55. The predicted octanol–water partition coefficient (Wildman–Crippen LogP) is 2.91. The zero-order valence-corrected chi connectivity index (χ0v) is 16.9. The van der Waals surface area contributed by atoms with Crippen molar-refractivity contribution in [2.24, 2.45) is 0 Å². The summed E-state index contributed by atoms with van der Waals surface area (Å²) in [6, 6.07) is 11.2. The predicted molar refractivity (Wildman–Crippen MR) is 109 cm³/mol. The second-order valence-electron chi connectivity index (χ2n) is 6.57. The molecule has 3 rings (SSSR count). The third kappa shape index (κ3) is 5.64. The van der Waals surface area contributed by atoms with E-state index in [0.717, 1.165) is 26.3 Å². The van der Waals surface area contributed by atoms with Crippen LogP contribution in [-0.4, -0.2) is 56.0 Å². The standard InChI is InChI=1S/C21H26N2O4S/c1-2-19(24)16-5-7-17(8-6-16)27-15-21(25)22-14-18(20-4-3-13-28-20)23-9-11-26-12-10-23/h3-8,13,18H,2,9-12,14-15H2,1H3,(H,22,25)/t18-/m1/s1. The van der Waals surface area contributed by atoms with E-state index in [1.54, 1.807) is 35.6 Å². The van der Waals surface area contributed by atoms with E-state index in [4.69, 9.17) is 9.47 Å². The Morgan fingerprint density at radius 1 is 1.21 bits per heavy atom. The lowest BCUT2D eigenvalue weighted by Gasteiger charge is -2.34. The Balaban J connectivity index is 1.50. The van der Waals surface area contributed by atoms with E-state index in [-0.39, 0.29) is 24.3 Å². The number of amides is 1. The molecule has 0 unspecified atom stereocenters. The van der Waals surface area contributed by atoms with Gasteiger partial charge in [0.05, 0.1) is 19.3 Å². The third-order valence-electron chi connectivity index (χ3n) is 4.72. The normalized spacial score (nSPS) is 15.8. The molecule has 0 spiro atoms. The first-order valence-corrected chi connectivity index (χ1v) is 10.4. The number of nitrogens with zero attached hydrogens (tertiary/aromatic N) is 1. The number of hydrogen-bond acceptors (Lipinski definition) is 6. The van der Waals surface area contributed by atoms with Crippen molar-refractivity contribution in [2.75, 3.05) is 39.5 Å². The summed E-state index contributed by atoms with van der Waals surface area (Å²) in [5.41, 5.74) is 0.656. The molecule has 1 N–H and O–H groups in total. The average Bonchev–Trinajstić information content (AvgIpc) is 3.27. The van der Waals surface area contributed by atoms with E-state index < -0.39 is 0 Å². The van der Waals surface area contributed by atoms with Crippen molar-refractivity contribution in [3.63, 3.8) is 0 Å². The summed E-state index contributed by atoms with van der Waals surface area (Å²) in [4.78, 5) is 27.5. The molecular weight excluding hydrogens is 376 g/mol. The molecule has 7 heteroatoms. The summed E-state index contributed by atoms with van der Waals surface area (Å²) >= 11 is 1.70. The summed E-state index contributed by atoms with van der Waals surface area (Å²) in [7, 11) is 0. The van der Waals surface area contributed by atoms with Gasteiger partial charge in [0.15, 0.2) is 12.4 Å². The van der Waals surface area contributed by atoms with Gasteiger partial charge in [0, 0.05) is 36.5 Å². The van der Waals surface area contributed by atoms with Gasteiger partial charge in [0.25, 0.3) is 5.91 Å². The number of carbonyl (C=O) groups is 2. The van der Waals surface area contributed by atoms with Crippen molar-refractivity contribution < 1.29 is 19.1 Å². The van der Waals surface area contributed by atoms with Crippen LogP contribution in [-0.2, 0) is 9.53 Å². The van der Waals surface area contributed by atoms with Crippen molar-refractivity contribution in [1.82, 2.24) is 10.2 Å². The SMILES string of the molecule is CCC(=O)c1ccc(OCC(=O)NC[C@H](c2cccs2)N2CCOCC2)cc1. The molecule has 2 heterocycles. The quantitative estimate of drug-likeness (QED) is 0.653. The van der Waals surface area contributed by atoms with Gasteiger partial charge in [-0.05, 0) is 35.7 Å². The molecule has 1 aromatic heterocycles. The first kappa shape index (κ1) is 20.5. The first-order valence-electron chi connectivity index (χ1n) is 9.55. The van der Waals surface area contributed by atoms with Gasteiger partial charge in [-0.3, -0.25) is 14.5 Å². The lowest BCUT2D eigenvalue weighted by molar-refractivity contribution is -0.123. The molecule has 150 valence electrons.